The Bertz CT molecular complexity index is 416. The molecule has 0 radical (unpaired) electrons. The van der Waals surface area contributed by atoms with E-state index in [4.69, 9.17) is 0 Å². The highest BCUT2D eigenvalue weighted by atomic mass is 19.1. The molecular formula is C11H13FN2O2. The van der Waals surface area contributed by atoms with Gasteiger partial charge >= 0.3 is 0 Å². The van der Waals surface area contributed by atoms with Crippen LogP contribution < -0.4 is 5.43 Å². The number of phenolic OH excluding ortho intramolecular Hbond substituents is 1. The van der Waals surface area contributed by atoms with E-state index in [2.05, 4.69) is 10.5 Å². The zero-order chi connectivity index (χ0) is 12.1. The lowest BCUT2D eigenvalue weighted by molar-refractivity contribution is -0.109. The molecule has 0 unspecified atom stereocenters. The minimum Gasteiger partial charge on any atom is -0.505 e. The highest BCUT2D eigenvalue weighted by Gasteiger charge is 2.11. The molecule has 86 valence electrons. The number of nitrogens with zero attached hydrogens (tertiary/aromatic N) is 1. The number of benzene rings is 1. The molecule has 0 aliphatic heterocycles. The maximum atomic E-state index is 12.9. The van der Waals surface area contributed by atoms with E-state index in [-0.39, 0.29) is 5.92 Å². The van der Waals surface area contributed by atoms with Crippen LogP contribution in [0.4, 0.5) is 4.39 Å². The van der Waals surface area contributed by atoms with Crippen molar-refractivity contribution in [2.75, 3.05) is 0 Å². The first kappa shape index (κ1) is 12.2. The van der Waals surface area contributed by atoms with E-state index >= 15 is 0 Å². The van der Waals surface area contributed by atoms with Gasteiger partial charge in [0.25, 0.3) is 0 Å². The number of phenols is 1. The normalized spacial score (nSPS) is 11.6. The number of nitrogens with one attached hydrogen (secondary N) is 1. The summed E-state index contributed by atoms with van der Waals surface area (Å²) in [6.45, 7) is 3.76. The topological polar surface area (TPSA) is 61.7 Å². The third kappa shape index (κ3) is 2.79. The van der Waals surface area contributed by atoms with Crippen LogP contribution in [0, 0.1) is 11.7 Å². The van der Waals surface area contributed by atoms with Crippen LogP contribution in [-0.2, 0) is 4.79 Å². The van der Waals surface area contributed by atoms with Crippen LogP contribution in [0.2, 0.25) is 0 Å². The summed E-state index contributed by atoms with van der Waals surface area (Å²) >= 11 is 0. The predicted molar refractivity (Wildman–Crippen MR) is 58.6 cm³/mol. The van der Waals surface area contributed by atoms with E-state index in [1.165, 1.54) is 12.1 Å². The minimum absolute atomic E-state index is 0.0392. The van der Waals surface area contributed by atoms with E-state index < -0.39 is 11.6 Å². The molecule has 0 heterocycles. The average molecular weight is 224 g/mol. The van der Waals surface area contributed by atoms with Gasteiger partial charge in [0.1, 0.15) is 0 Å². The molecule has 0 aliphatic carbocycles. The van der Waals surface area contributed by atoms with Gasteiger partial charge in [-0.15, -0.1) is 0 Å². The van der Waals surface area contributed by atoms with Crippen LogP contribution >= 0.6 is 0 Å². The molecule has 0 bridgehead atoms. The highest BCUT2D eigenvalue weighted by Crippen LogP contribution is 2.19. The molecular weight excluding hydrogens is 211 g/mol. The van der Waals surface area contributed by atoms with Gasteiger partial charge in [0.2, 0.25) is 6.41 Å². The fraction of sp³-hybridized carbons (Fsp3) is 0.273. The summed E-state index contributed by atoms with van der Waals surface area (Å²) in [6.07, 6.45) is 0.450. The zero-order valence-corrected chi connectivity index (χ0v) is 9.07. The van der Waals surface area contributed by atoms with Crippen molar-refractivity contribution in [2.24, 2.45) is 11.0 Å². The lowest BCUT2D eigenvalue weighted by atomic mass is 10.00. The van der Waals surface area contributed by atoms with Crippen LogP contribution in [-0.4, -0.2) is 17.2 Å². The number of halogens is 1. The Morgan fingerprint density at radius 1 is 1.56 bits per heavy atom. The Labute approximate surface area is 92.8 Å². The van der Waals surface area contributed by atoms with Gasteiger partial charge in [-0.25, -0.2) is 9.82 Å². The Balaban J connectivity index is 3.11. The molecule has 16 heavy (non-hydrogen) atoms. The molecule has 0 saturated heterocycles. The molecule has 4 nitrogen and oxygen atoms in total. The molecule has 0 fully saturated rings. The first-order chi connectivity index (χ1) is 7.56. The summed E-state index contributed by atoms with van der Waals surface area (Å²) in [5, 5.41) is 13.1. The molecule has 0 aliphatic rings. The third-order valence-corrected chi connectivity index (χ3v) is 2.03. The molecule has 1 aromatic carbocycles. The van der Waals surface area contributed by atoms with Gasteiger partial charge in [0.15, 0.2) is 11.6 Å². The van der Waals surface area contributed by atoms with E-state index in [0.717, 1.165) is 6.07 Å². The van der Waals surface area contributed by atoms with Crippen molar-refractivity contribution in [1.82, 2.24) is 5.43 Å². The second-order valence-corrected chi connectivity index (χ2v) is 3.56. The van der Waals surface area contributed by atoms with Gasteiger partial charge in [0.05, 0.1) is 5.71 Å². The summed E-state index contributed by atoms with van der Waals surface area (Å²) in [7, 11) is 0. The van der Waals surface area contributed by atoms with Gasteiger partial charge in [0, 0.05) is 5.56 Å². The van der Waals surface area contributed by atoms with Gasteiger partial charge in [-0.1, -0.05) is 13.8 Å². The molecule has 0 saturated carbocycles. The Morgan fingerprint density at radius 3 is 2.75 bits per heavy atom. The molecule has 2 N–H and O–H groups in total. The van der Waals surface area contributed by atoms with Crippen molar-refractivity contribution in [2.45, 2.75) is 13.8 Å². The van der Waals surface area contributed by atoms with Crippen LogP contribution in [0.5, 0.6) is 5.75 Å². The highest BCUT2D eigenvalue weighted by molar-refractivity contribution is 6.02. The van der Waals surface area contributed by atoms with Gasteiger partial charge in [-0.05, 0) is 24.1 Å². The molecule has 1 amide bonds. The van der Waals surface area contributed by atoms with Crippen molar-refractivity contribution in [3.8, 4) is 5.75 Å². The van der Waals surface area contributed by atoms with Crippen LogP contribution in [0.3, 0.4) is 0 Å². The molecule has 1 rings (SSSR count). The van der Waals surface area contributed by atoms with Gasteiger partial charge < -0.3 is 5.11 Å². The molecule has 1 aromatic rings. The molecule has 0 spiro atoms. The summed E-state index contributed by atoms with van der Waals surface area (Å²) in [4.78, 5) is 10.2. The second-order valence-electron chi connectivity index (χ2n) is 3.56. The van der Waals surface area contributed by atoms with Crippen molar-refractivity contribution in [3.05, 3.63) is 29.6 Å². The smallest absolute Gasteiger partial charge is 0.227 e. The van der Waals surface area contributed by atoms with E-state index in [1.807, 2.05) is 13.8 Å². The van der Waals surface area contributed by atoms with Crippen molar-refractivity contribution < 1.29 is 14.3 Å². The number of carbonyl (C=O) groups excluding carboxylic acids is 1. The first-order valence-corrected chi connectivity index (χ1v) is 4.82. The molecule has 0 aromatic heterocycles. The van der Waals surface area contributed by atoms with Gasteiger partial charge in [-0.3, -0.25) is 4.79 Å². The SMILES string of the molecule is CC(C)/C(=N\NC=O)c1ccc(F)c(O)c1. The quantitative estimate of drug-likeness (QED) is 0.464. The van der Waals surface area contributed by atoms with E-state index in [9.17, 15) is 14.3 Å². The van der Waals surface area contributed by atoms with Crippen molar-refractivity contribution in [1.29, 1.82) is 0 Å². The number of hydrazone groups is 1. The van der Waals surface area contributed by atoms with E-state index in [1.54, 1.807) is 0 Å². The summed E-state index contributed by atoms with van der Waals surface area (Å²) < 4.78 is 12.9. The maximum absolute atomic E-state index is 12.9. The summed E-state index contributed by atoms with van der Waals surface area (Å²) in [5.74, 6) is -1.08. The standard InChI is InChI=1S/C11H13FN2O2/c1-7(2)11(14-13-6-15)8-3-4-9(12)10(16)5-8/h3-7,16H,1-2H3,(H,13,15)/b14-11+. The maximum Gasteiger partial charge on any atom is 0.227 e. The van der Waals surface area contributed by atoms with Gasteiger partial charge in [-0.2, -0.15) is 5.10 Å². The number of rotatable bonds is 4. The fourth-order valence-corrected chi connectivity index (χ4v) is 1.29. The Hall–Kier alpha value is -1.91. The van der Waals surface area contributed by atoms with Crippen molar-refractivity contribution >= 4 is 12.1 Å². The average Bonchev–Trinajstić information content (AvgIpc) is 2.23. The van der Waals surface area contributed by atoms with Crippen molar-refractivity contribution in [3.63, 3.8) is 0 Å². The Kier molecular flexibility index (Phi) is 3.99. The monoisotopic (exact) mass is 224 g/mol. The van der Waals surface area contributed by atoms with E-state index in [0.29, 0.717) is 17.7 Å². The fourth-order valence-electron chi connectivity index (χ4n) is 1.29. The number of carbonyl (C=O) groups is 1. The number of hydrogen-bond acceptors (Lipinski definition) is 3. The Morgan fingerprint density at radius 2 is 2.25 bits per heavy atom. The van der Waals surface area contributed by atoms with Crippen LogP contribution in [0.15, 0.2) is 23.3 Å². The number of aromatic hydroxyl groups is 1. The number of amides is 1. The summed E-state index contributed by atoms with van der Waals surface area (Å²) in [5.41, 5.74) is 3.34. The largest absolute Gasteiger partial charge is 0.505 e. The number of hydrogen-bond donors (Lipinski definition) is 2. The zero-order valence-electron chi connectivity index (χ0n) is 9.07. The molecule has 5 heteroatoms. The second kappa shape index (κ2) is 5.25. The lowest BCUT2D eigenvalue weighted by Crippen LogP contribution is -2.15. The van der Waals surface area contributed by atoms with Crippen LogP contribution in [0.1, 0.15) is 19.4 Å². The predicted octanol–water partition coefficient (Wildman–Crippen LogP) is 1.64. The first-order valence-electron chi connectivity index (χ1n) is 4.82. The van der Waals surface area contributed by atoms with Crippen LogP contribution in [0.25, 0.3) is 0 Å². The minimum atomic E-state index is -0.685. The third-order valence-electron chi connectivity index (χ3n) is 2.03. The lowest BCUT2D eigenvalue weighted by Gasteiger charge is -2.10. The summed E-state index contributed by atoms with van der Waals surface area (Å²) in [6, 6.07) is 3.94. The molecule has 0 atom stereocenters.